The molecule has 0 aromatic heterocycles. The Morgan fingerprint density at radius 1 is 1.62 bits per heavy atom. The third-order valence-electron chi connectivity index (χ3n) is 3.93. The second-order valence-corrected chi connectivity index (χ2v) is 6.27. The number of carbonyl (C=O) groups is 1. The molecule has 0 radical (unpaired) electrons. The number of hydrogen-bond acceptors (Lipinski definition) is 5. The van der Waals surface area contributed by atoms with Gasteiger partial charge in [0.2, 0.25) is 0 Å². The number of nitrogens with two attached hydrogens (primary N) is 1. The Bertz CT molecular complexity index is 687. The van der Waals surface area contributed by atoms with Crippen LogP contribution in [-0.2, 0) is 4.79 Å². The first-order valence-corrected chi connectivity index (χ1v) is 7.93. The Kier molecular flexibility index (Phi) is 5.64. The van der Waals surface area contributed by atoms with Crippen LogP contribution in [0, 0.1) is 0 Å². The number of fused-ring (bicyclic) bond motifs is 1. The van der Waals surface area contributed by atoms with Gasteiger partial charge in [-0.25, -0.2) is 5.43 Å². The van der Waals surface area contributed by atoms with Crippen LogP contribution in [0.25, 0.3) is 0 Å². The lowest BCUT2D eigenvalue weighted by atomic mass is 10.0. The molecule has 6 nitrogen and oxygen atoms in total. The van der Waals surface area contributed by atoms with E-state index in [4.69, 9.17) is 17.3 Å². The summed E-state index contributed by atoms with van der Waals surface area (Å²) in [5.41, 5.74) is 11.3. The maximum absolute atomic E-state index is 11.6. The van der Waals surface area contributed by atoms with Crippen LogP contribution in [0.2, 0.25) is 0 Å². The molecule has 0 fully saturated rings. The molecule has 1 aliphatic heterocycles. The number of allylic oxidation sites excluding steroid dienone is 1. The molecule has 0 saturated carbocycles. The van der Waals surface area contributed by atoms with Gasteiger partial charge < -0.3 is 15.8 Å². The van der Waals surface area contributed by atoms with E-state index >= 15 is 0 Å². The highest BCUT2D eigenvalue weighted by molar-refractivity contribution is 6.21. The molecule has 1 aromatic carbocycles. The maximum atomic E-state index is 11.6. The first-order valence-electron chi connectivity index (χ1n) is 7.49. The van der Waals surface area contributed by atoms with Gasteiger partial charge in [0.25, 0.3) is 0 Å². The molecule has 0 amide bonds. The number of anilines is 2. The molecule has 4 N–H and O–H groups in total. The number of nitrogens with zero attached hydrogens (tertiary/aromatic N) is 2. The summed E-state index contributed by atoms with van der Waals surface area (Å²) in [4.78, 5) is 15.3. The van der Waals surface area contributed by atoms with E-state index in [1.54, 1.807) is 23.2 Å². The van der Waals surface area contributed by atoms with Gasteiger partial charge >= 0.3 is 5.97 Å². The zero-order valence-corrected chi connectivity index (χ0v) is 14.2. The average molecular weight is 349 g/mol. The van der Waals surface area contributed by atoms with Crippen molar-refractivity contribution in [3.63, 3.8) is 0 Å². The van der Waals surface area contributed by atoms with Gasteiger partial charge in [0.05, 0.1) is 22.8 Å². The summed E-state index contributed by atoms with van der Waals surface area (Å²) >= 11 is 6.35. The van der Waals surface area contributed by atoms with E-state index in [1.165, 1.54) is 0 Å². The molecule has 2 rings (SSSR count). The smallest absolute Gasteiger partial charge is 0.327 e. The Hall–Kier alpha value is -2.31. The summed E-state index contributed by atoms with van der Waals surface area (Å²) < 4.78 is 0. The number of nitrogens with one attached hydrogen (secondary N) is 1. The SMILES string of the molecule is C=NC(=C)/C=C\C[C@H](C(C)Cl)N1NC(C(=O)O)c2c(N)cccc21. The number of aliphatic imine (C=N–C) groups is 1. The number of benzene rings is 1. The number of hydrogen-bond donors (Lipinski definition) is 3. The Balaban J connectivity index is 2.34. The summed E-state index contributed by atoms with van der Waals surface area (Å²) in [7, 11) is 0. The maximum Gasteiger partial charge on any atom is 0.327 e. The number of rotatable bonds is 7. The second-order valence-electron chi connectivity index (χ2n) is 5.58. The Morgan fingerprint density at radius 2 is 2.33 bits per heavy atom. The van der Waals surface area contributed by atoms with Crippen LogP contribution in [0.3, 0.4) is 0 Å². The first-order chi connectivity index (χ1) is 11.4. The van der Waals surface area contributed by atoms with Gasteiger partial charge in [0, 0.05) is 11.3 Å². The van der Waals surface area contributed by atoms with Crippen molar-refractivity contribution in [1.82, 2.24) is 5.43 Å². The molecule has 24 heavy (non-hydrogen) atoms. The van der Waals surface area contributed by atoms with Crippen LogP contribution in [-0.4, -0.2) is 29.2 Å². The number of carboxylic acid groups (broad SMARTS) is 1. The lowest BCUT2D eigenvalue weighted by Crippen LogP contribution is -2.47. The minimum absolute atomic E-state index is 0.176. The number of hydrazine groups is 1. The van der Waals surface area contributed by atoms with Crippen molar-refractivity contribution in [3.05, 3.63) is 48.2 Å². The molecular weight excluding hydrogens is 328 g/mol. The largest absolute Gasteiger partial charge is 0.480 e. The summed E-state index contributed by atoms with van der Waals surface area (Å²) in [6.45, 7) is 9.00. The van der Waals surface area contributed by atoms with Crippen LogP contribution >= 0.6 is 11.6 Å². The third kappa shape index (κ3) is 3.60. The first kappa shape index (κ1) is 18.0. The average Bonchev–Trinajstić information content (AvgIpc) is 2.92. The normalized spacial score (nSPS) is 19.1. The van der Waals surface area contributed by atoms with Gasteiger partial charge in [-0.1, -0.05) is 18.7 Å². The number of alkyl halides is 1. The summed E-state index contributed by atoms with van der Waals surface area (Å²) in [5, 5.41) is 11.0. The molecule has 128 valence electrons. The van der Waals surface area contributed by atoms with Crippen LogP contribution in [0.4, 0.5) is 11.4 Å². The van der Waals surface area contributed by atoms with E-state index in [-0.39, 0.29) is 11.4 Å². The molecule has 1 aromatic rings. The fraction of sp³-hybridized carbons (Fsp3) is 0.294. The quantitative estimate of drug-likeness (QED) is 0.305. The lowest BCUT2D eigenvalue weighted by Gasteiger charge is -2.31. The Labute approximate surface area is 146 Å². The molecule has 1 aliphatic rings. The van der Waals surface area contributed by atoms with E-state index in [9.17, 15) is 9.90 Å². The molecule has 3 atom stereocenters. The third-order valence-corrected chi connectivity index (χ3v) is 4.22. The Morgan fingerprint density at radius 3 is 2.92 bits per heavy atom. The van der Waals surface area contributed by atoms with E-state index in [0.29, 0.717) is 23.4 Å². The van der Waals surface area contributed by atoms with Crippen LogP contribution in [0.15, 0.2) is 47.6 Å². The van der Waals surface area contributed by atoms with Crippen molar-refractivity contribution in [1.29, 1.82) is 0 Å². The van der Waals surface area contributed by atoms with Gasteiger partial charge in [-0.2, -0.15) is 0 Å². The van der Waals surface area contributed by atoms with Crippen LogP contribution in [0.1, 0.15) is 24.9 Å². The molecule has 0 saturated heterocycles. The van der Waals surface area contributed by atoms with Crippen molar-refractivity contribution in [2.24, 2.45) is 4.99 Å². The number of halogens is 1. The van der Waals surface area contributed by atoms with Gasteiger partial charge in [0.15, 0.2) is 6.04 Å². The molecule has 1 heterocycles. The van der Waals surface area contributed by atoms with E-state index in [0.717, 1.165) is 5.69 Å². The molecule has 0 aliphatic carbocycles. The molecular formula is C17H21ClN4O2. The van der Waals surface area contributed by atoms with Crippen LogP contribution in [0.5, 0.6) is 0 Å². The monoisotopic (exact) mass is 348 g/mol. The molecule has 7 heteroatoms. The lowest BCUT2D eigenvalue weighted by molar-refractivity contribution is -0.139. The van der Waals surface area contributed by atoms with Gasteiger partial charge in [-0.3, -0.25) is 9.79 Å². The van der Waals surface area contributed by atoms with E-state index in [2.05, 4.69) is 23.7 Å². The summed E-state index contributed by atoms with van der Waals surface area (Å²) in [6, 6.07) is 4.25. The topological polar surface area (TPSA) is 91.0 Å². The predicted octanol–water partition coefficient (Wildman–Crippen LogP) is 2.88. The summed E-state index contributed by atoms with van der Waals surface area (Å²) in [5.74, 6) is -0.989. The molecule has 0 spiro atoms. The number of aliphatic carboxylic acids is 1. The highest BCUT2D eigenvalue weighted by Crippen LogP contribution is 2.39. The van der Waals surface area contributed by atoms with Crippen molar-refractivity contribution >= 4 is 35.7 Å². The van der Waals surface area contributed by atoms with E-state index < -0.39 is 12.0 Å². The number of carboxylic acids is 1. The van der Waals surface area contributed by atoms with Gasteiger partial charge in [-0.05, 0) is 38.3 Å². The number of nitrogen functional groups attached to an aromatic ring is 1. The van der Waals surface area contributed by atoms with Crippen molar-refractivity contribution in [3.8, 4) is 0 Å². The minimum Gasteiger partial charge on any atom is -0.480 e. The van der Waals surface area contributed by atoms with Crippen molar-refractivity contribution < 1.29 is 9.90 Å². The molecule has 0 bridgehead atoms. The fourth-order valence-electron chi connectivity index (χ4n) is 2.72. The van der Waals surface area contributed by atoms with Gasteiger partial charge in [0.1, 0.15) is 0 Å². The minimum atomic E-state index is -0.989. The highest BCUT2D eigenvalue weighted by atomic mass is 35.5. The fourth-order valence-corrected chi connectivity index (χ4v) is 2.93. The highest BCUT2D eigenvalue weighted by Gasteiger charge is 2.38. The van der Waals surface area contributed by atoms with Crippen molar-refractivity contribution in [2.45, 2.75) is 30.8 Å². The van der Waals surface area contributed by atoms with Gasteiger partial charge in [-0.15, -0.1) is 11.6 Å². The zero-order valence-electron chi connectivity index (χ0n) is 13.4. The molecule has 2 unspecified atom stereocenters. The predicted molar refractivity (Wildman–Crippen MR) is 98.4 cm³/mol. The second kappa shape index (κ2) is 7.51. The van der Waals surface area contributed by atoms with Crippen LogP contribution < -0.4 is 16.2 Å². The van der Waals surface area contributed by atoms with Crippen molar-refractivity contribution in [2.75, 3.05) is 10.7 Å². The zero-order chi connectivity index (χ0) is 17.9. The van der Waals surface area contributed by atoms with E-state index in [1.807, 2.05) is 19.1 Å². The summed E-state index contributed by atoms with van der Waals surface area (Å²) in [6.07, 6.45) is 4.22. The standard InChI is InChI=1S/C17H21ClN4O2/c1-10(20-3)6-4-8-13(11(2)18)22-14-9-5-7-12(19)15(14)16(21-22)17(23)24/h4-7,9,11,13,16,21H,1,3,8,19H2,2H3,(H,23,24)/b6-4-/t11?,13-,16?/m1/s1.